The molecule has 0 unspecified atom stereocenters. The second kappa shape index (κ2) is 10.9. The van der Waals surface area contributed by atoms with Crippen LogP contribution < -0.4 is 10.6 Å². The van der Waals surface area contributed by atoms with Gasteiger partial charge in [-0.2, -0.15) is 0 Å². The number of rotatable bonds is 8. The van der Waals surface area contributed by atoms with E-state index < -0.39 is 30.6 Å². The molecule has 1 atom stereocenters. The first-order valence-electron chi connectivity index (χ1n) is 8.30. The van der Waals surface area contributed by atoms with Gasteiger partial charge in [-0.15, -0.1) is 0 Å². The van der Waals surface area contributed by atoms with Gasteiger partial charge in [-0.25, -0.2) is 9.59 Å². The first-order chi connectivity index (χ1) is 12.3. The molecule has 0 heterocycles. The molecule has 8 nitrogen and oxygen atoms in total. The largest absolute Gasteiger partial charge is 0.454 e. The molecule has 142 valence electrons. The Morgan fingerprint density at radius 3 is 2.23 bits per heavy atom. The Morgan fingerprint density at radius 2 is 1.65 bits per heavy atom. The average Bonchev–Trinajstić information content (AvgIpc) is 2.58. The Kier molecular flexibility index (Phi) is 8.83. The predicted molar refractivity (Wildman–Crippen MR) is 93.0 cm³/mol. The van der Waals surface area contributed by atoms with E-state index in [1.54, 1.807) is 20.8 Å². The third-order valence-electron chi connectivity index (χ3n) is 3.31. The molecule has 8 heteroatoms. The lowest BCUT2D eigenvalue weighted by atomic mass is 10.0. The molecule has 0 saturated heterocycles. The number of hydrogen-bond donors (Lipinski definition) is 2. The Hall–Kier alpha value is -2.90. The first kappa shape index (κ1) is 21.1. The van der Waals surface area contributed by atoms with E-state index in [-0.39, 0.29) is 24.9 Å². The third kappa shape index (κ3) is 7.78. The van der Waals surface area contributed by atoms with E-state index in [2.05, 4.69) is 10.1 Å². The van der Waals surface area contributed by atoms with Crippen molar-refractivity contribution in [1.82, 2.24) is 10.6 Å². The van der Waals surface area contributed by atoms with Crippen LogP contribution in [0.4, 0.5) is 4.79 Å². The number of nitrogens with one attached hydrogen (secondary N) is 2. The lowest BCUT2D eigenvalue weighted by Gasteiger charge is -2.20. The SMILES string of the molecule is CCOC(=O)NC(=O)COC(=O)[C@@H](NC(=O)Cc1ccccc1)C(C)C. The highest BCUT2D eigenvalue weighted by Gasteiger charge is 2.26. The van der Waals surface area contributed by atoms with Crippen molar-refractivity contribution in [3.63, 3.8) is 0 Å². The molecule has 0 saturated carbocycles. The maximum absolute atomic E-state index is 12.2. The van der Waals surface area contributed by atoms with Crippen LogP contribution in [0.3, 0.4) is 0 Å². The minimum Gasteiger partial charge on any atom is -0.454 e. The van der Waals surface area contributed by atoms with Gasteiger partial charge < -0.3 is 14.8 Å². The van der Waals surface area contributed by atoms with E-state index >= 15 is 0 Å². The second-order valence-corrected chi connectivity index (χ2v) is 5.83. The summed E-state index contributed by atoms with van der Waals surface area (Å²) in [6.07, 6.45) is -0.786. The Bertz CT molecular complexity index is 630. The smallest absolute Gasteiger partial charge is 0.413 e. The normalized spacial score (nSPS) is 11.4. The Balaban J connectivity index is 2.52. The van der Waals surface area contributed by atoms with Crippen molar-refractivity contribution in [3.05, 3.63) is 35.9 Å². The number of benzene rings is 1. The standard InChI is InChI=1S/C18H24N2O6/c1-4-25-18(24)20-15(22)11-26-17(23)16(12(2)3)19-14(21)10-13-8-6-5-7-9-13/h5-9,12,16H,4,10-11H2,1-3H3,(H,19,21)(H,20,22,24)/t16-/m0/s1. The number of esters is 1. The topological polar surface area (TPSA) is 111 Å². The molecular weight excluding hydrogens is 340 g/mol. The summed E-state index contributed by atoms with van der Waals surface area (Å²) in [6.45, 7) is 4.55. The van der Waals surface area contributed by atoms with Crippen molar-refractivity contribution in [2.45, 2.75) is 33.2 Å². The van der Waals surface area contributed by atoms with Crippen LogP contribution in [0.1, 0.15) is 26.3 Å². The van der Waals surface area contributed by atoms with Crippen LogP contribution in [0.15, 0.2) is 30.3 Å². The molecule has 1 rings (SSSR count). The maximum atomic E-state index is 12.2. The molecule has 26 heavy (non-hydrogen) atoms. The molecule has 1 aromatic carbocycles. The van der Waals surface area contributed by atoms with Crippen molar-refractivity contribution in [1.29, 1.82) is 0 Å². The summed E-state index contributed by atoms with van der Waals surface area (Å²) in [5.74, 6) is -2.13. The van der Waals surface area contributed by atoms with Crippen molar-refractivity contribution in [2.24, 2.45) is 5.92 Å². The van der Waals surface area contributed by atoms with Gasteiger partial charge in [0.25, 0.3) is 5.91 Å². The summed E-state index contributed by atoms with van der Waals surface area (Å²) in [5.41, 5.74) is 0.815. The molecular formula is C18H24N2O6. The summed E-state index contributed by atoms with van der Waals surface area (Å²) in [4.78, 5) is 46.9. The third-order valence-corrected chi connectivity index (χ3v) is 3.31. The van der Waals surface area contributed by atoms with Gasteiger partial charge in [0, 0.05) is 0 Å². The van der Waals surface area contributed by atoms with Gasteiger partial charge in [0.05, 0.1) is 13.0 Å². The molecule has 0 aliphatic heterocycles. The lowest BCUT2D eigenvalue weighted by molar-refractivity contribution is -0.152. The monoisotopic (exact) mass is 364 g/mol. The highest BCUT2D eigenvalue weighted by atomic mass is 16.6. The predicted octanol–water partition coefficient (Wildman–Crippen LogP) is 1.19. The average molecular weight is 364 g/mol. The molecule has 2 N–H and O–H groups in total. The van der Waals surface area contributed by atoms with E-state index in [4.69, 9.17) is 4.74 Å². The van der Waals surface area contributed by atoms with Crippen LogP contribution in [0, 0.1) is 5.92 Å². The molecule has 0 aliphatic rings. The summed E-state index contributed by atoms with van der Waals surface area (Å²) in [6, 6.07) is 8.19. The number of amides is 3. The second-order valence-electron chi connectivity index (χ2n) is 5.83. The van der Waals surface area contributed by atoms with Gasteiger partial charge in [0.1, 0.15) is 6.04 Å². The minimum absolute atomic E-state index is 0.113. The molecule has 0 aliphatic carbocycles. The first-order valence-corrected chi connectivity index (χ1v) is 8.30. The molecule has 0 fully saturated rings. The quantitative estimate of drug-likeness (QED) is 0.670. The van der Waals surface area contributed by atoms with Gasteiger partial charge >= 0.3 is 12.1 Å². The van der Waals surface area contributed by atoms with Crippen LogP contribution in [-0.2, 0) is 30.3 Å². The van der Waals surface area contributed by atoms with E-state index in [0.29, 0.717) is 0 Å². The van der Waals surface area contributed by atoms with Crippen molar-refractivity contribution in [3.8, 4) is 0 Å². The lowest BCUT2D eigenvalue weighted by Crippen LogP contribution is -2.46. The number of imide groups is 1. The van der Waals surface area contributed by atoms with E-state index in [0.717, 1.165) is 5.56 Å². The van der Waals surface area contributed by atoms with Crippen LogP contribution in [-0.4, -0.2) is 43.1 Å². The van der Waals surface area contributed by atoms with Crippen LogP contribution in [0.5, 0.6) is 0 Å². The fraction of sp³-hybridized carbons (Fsp3) is 0.444. The summed E-state index contributed by atoms with van der Waals surface area (Å²) in [5, 5.41) is 4.53. The summed E-state index contributed by atoms with van der Waals surface area (Å²) >= 11 is 0. The number of ether oxygens (including phenoxy) is 2. The van der Waals surface area contributed by atoms with Gasteiger partial charge in [0.15, 0.2) is 6.61 Å². The number of carbonyl (C=O) groups is 4. The van der Waals surface area contributed by atoms with E-state index in [1.165, 1.54) is 0 Å². The number of alkyl carbamates (subject to hydrolysis) is 1. The van der Waals surface area contributed by atoms with Crippen LogP contribution >= 0.6 is 0 Å². The molecule has 3 amide bonds. The Labute approximate surface area is 152 Å². The number of carbonyl (C=O) groups excluding carboxylic acids is 4. The number of hydrogen-bond acceptors (Lipinski definition) is 6. The molecule has 1 aromatic rings. The summed E-state index contributed by atoms with van der Waals surface area (Å²) in [7, 11) is 0. The zero-order valence-electron chi connectivity index (χ0n) is 15.1. The Morgan fingerprint density at radius 1 is 1.00 bits per heavy atom. The highest BCUT2D eigenvalue weighted by Crippen LogP contribution is 2.06. The van der Waals surface area contributed by atoms with Gasteiger partial charge in [-0.05, 0) is 18.4 Å². The van der Waals surface area contributed by atoms with E-state index in [9.17, 15) is 19.2 Å². The fourth-order valence-electron chi connectivity index (χ4n) is 2.05. The molecule has 0 spiro atoms. The molecule has 0 radical (unpaired) electrons. The van der Waals surface area contributed by atoms with Gasteiger partial charge in [-0.1, -0.05) is 44.2 Å². The highest BCUT2D eigenvalue weighted by molar-refractivity contribution is 5.93. The zero-order chi connectivity index (χ0) is 19.5. The van der Waals surface area contributed by atoms with Crippen LogP contribution in [0.2, 0.25) is 0 Å². The van der Waals surface area contributed by atoms with Crippen molar-refractivity contribution < 1.29 is 28.7 Å². The van der Waals surface area contributed by atoms with E-state index in [1.807, 2.05) is 35.6 Å². The molecule has 0 aromatic heterocycles. The van der Waals surface area contributed by atoms with Gasteiger partial charge in [0.2, 0.25) is 5.91 Å². The molecule has 0 bridgehead atoms. The van der Waals surface area contributed by atoms with Crippen molar-refractivity contribution in [2.75, 3.05) is 13.2 Å². The minimum atomic E-state index is -0.912. The van der Waals surface area contributed by atoms with Crippen molar-refractivity contribution >= 4 is 23.9 Å². The fourth-order valence-corrected chi connectivity index (χ4v) is 2.05. The van der Waals surface area contributed by atoms with Gasteiger partial charge in [-0.3, -0.25) is 14.9 Å². The maximum Gasteiger partial charge on any atom is 0.413 e. The zero-order valence-corrected chi connectivity index (χ0v) is 15.1. The van der Waals surface area contributed by atoms with Crippen LogP contribution in [0.25, 0.3) is 0 Å². The summed E-state index contributed by atoms with van der Waals surface area (Å²) < 4.78 is 9.43.